The number of hydrogen-bond acceptors (Lipinski definition) is 5. The number of aromatic nitrogens is 1. The molecule has 2 aliphatic carbocycles. The third-order valence-electron chi connectivity index (χ3n) is 6.80. The van der Waals surface area contributed by atoms with E-state index in [1.165, 1.54) is 43.4 Å². The topological polar surface area (TPSA) is 50.3 Å². The minimum absolute atomic E-state index is 0.0108. The van der Waals surface area contributed by atoms with E-state index in [4.69, 9.17) is 4.98 Å². The van der Waals surface area contributed by atoms with Gasteiger partial charge in [-0.1, -0.05) is 62.9 Å². The number of unbranched alkanes of at least 4 members (excludes halogenated alkanes) is 5. The number of allylic oxidation sites excluding steroid dienone is 2. The molecule has 1 saturated carbocycles. The molecule has 4 nitrogen and oxygen atoms in total. The van der Waals surface area contributed by atoms with Crippen LogP contribution in [0.15, 0.2) is 34.7 Å². The summed E-state index contributed by atoms with van der Waals surface area (Å²) in [4.78, 5) is 32.3. The van der Waals surface area contributed by atoms with E-state index in [-0.39, 0.29) is 35.5 Å². The van der Waals surface area contributed by atoms with Gasteiger partial charge in [0.15, 0.2) is 4.34 Å². The number of nitrogens with zero attached hydrogens (tertiary/aromatic N) is 2. The van der Waals surface area contributed by atoms with Crippen molar-refractivity contribution in [3.05, 3.63) is 30.4 Å². The standard InChI is InChI=1S/C24H28N2O2S2/c1-2-3-4-5-6-7-12-29-24-25-18-11-10-17(14-19(18)30-24)26-22(27)20-15-8-9-16(13-15)21(20)23(26)28/h8-11,14-16,20-21H,2-7,12-13H2,1H3/t15-,16+,20?,21?. The van der Waals surface area contributed by atoms with E-state index in [1.54, 1.807) is 11.3 Å². The van der Waals surface area contributed by atoms with Gasteiger partial charge in [0, 0.05) is 5.75 Å². The molecule has 2 fully saturated rings. The van der Waals surface area contributed by atoms with Gasteiger partial charge in [-0.25, -0.2) is 9.88 Å². The fourth-order valence-corrected chi connectivity index (χ4v) is 7.46. The molecule has 158 valence electrons. The Hall–Kier alpha value is -1.66. The van der Waals surface area contributed by atoms with E-state index in [1.807, 2.05) is 30.0 Å². The van der Waals surface area contributed by atoms with Crippen molar-refractivity contribution in [1.29, 1.82) is 0 Å². The minimum Gasteiger partial charge on any atom is -0.274 e. The summed E-state index contributed by atoms with van der Waals surface area (Å²) in [5, 5.41) is 0. The molecule has 1 aromatic carbocycles. The van der Waals surface area contributed by atoms with E-state index < -0.39 is 0 Å². The second-order valence-corrected chi connectivity index (χ2v) is 11.1. The van der Waals surface area contributed by atoms with Gasteiger partial charge >= 0.3 is 0 Å². The van der Waals surface area contributed by atoms with Gasteiger partial charge in [-0.3, -0.25) is 9.59 Å². The number of carbonyl (C=O) groups excluding carboxylic acids is 2. The Labute approximate surface area is 186 Å². The molecule has 30 heavy (non-hydrogen) atoms. The van der Waals surface area contributed by atoms with Gasteiger partial charge in [0.25, 0.3) is 0 Å². The van der Waals surface area contributed by atoms with Crippen LogP contribution < -0.4 is 4.90 Å². The van der Waals surface area contributed by atoms with Crippen LogP contribution in [0.5, 0.6) is 0 Å². The van der Waals surface area contributed by atoms with Gasteiger partial charge in [-0.05, 0) is 42.9 Å². The first-order valence-electron chi connectivity index (χ1n) is 11.3. The van der Waals surface area contributed by atoms with Crippen LogP contribution in [-0.4, -0.2) is 22.6 Å². The first-order chi connectivity index (χ1) is 14.7. The fourth-order valence-electron chi connectivity index (χ4n) is 5.29. The zero-order valence-electron chi connectivity index (χ0n) is 17.4. The largest absolute Gasteiger partial charge is 0.274 e. The Morgan fingerprint density at radius 3 is 2.47 bits per heavy atom. The highest BCUT2D eigenvalue weighted by Gasteiger charge is 2.59. The molecular weight excluding hydrogens is 412 g/mol. The van der Waals surface area contributed by atoms with Gasteiger partial charge in [-0.2, -0.15) is 0 Å². The average Bonchev–Trinajstić information content (AvgIpc) is 3.50. The van der Waals surface area contributed by atoms with Crippen molar-refractivity contribution in [2.24, 2.45) is 23.7 Å². The van der Waals surface area contributed by atoms with Crippen LogP contribution in [0, 0.1) is 23.7 Å². The van der Waals surface area contributed by atoms with Crippen molar-refractivity contribution in [3.8, 4) is 0 Å². The number of thioether (sulfide) groups is 1. The van der Waals surface area contributed by atoms with Crippen LogP contribution in [0.3, 0.4) is 0 Å². The molecule has 5 rings (SSSR count). The number of fused-ring (bicyclic) bond motifs is 6. The Balaban J connectivity index is 1.25. The fraction of sp³-hybridized carbons (Fsp3) is 0.542. The second-order valence-electron chi connectivity index (χ2n) is 8.76. The summed E-state index contributed by atoms with van der Waals surface area (Å²) >= 11 is 3.49. The number of imide groups is 1. The Kier molecular flexibility index (Phi) is 5.71. The summed E-state index contributed by atoms with van der Waals surface area (Å²) in [5.74, 6) is 1.28. The third-order valence-corrected chi connectivity index (χ3v) is 9.05. The monoisotopic (exact) mass is 440 g/mol. The number of thiazole rings is 1. The smallest absolute Gasteiger partial charge is 0.238 e. The van der Waals surface area contributed by atoms with Crippen LogP contribution in [0.2, 0.25) is 0 Å². The molecule has 2 aromatic rings. The number of carbonyl (C=O) groups is 2. The molecule has 0 spiro atoms. The maximum absolute atomic E-state index is 13.1. The lowest BCUT2D eigenvalue weighted by Gasteiger charge is -2.17. The molecule has 0 N–H and O–H groups in total. The molecule has 4 atom stereocenters. The average molecular weight is 441 g/mol. The quantitative estimate of drug-likeness (QED) is 0.206. The number of hydrogen-bond donors (Lipinski definition) is 0. The van der Waals surface area contributed by atoms with Crippen LogP contribution in [0.4, 0.5) is 5.69 Å². The van der Waals surface area contributed by atoms with Crippen LogP contribution in [0.1, 0.15) is 51.9 Å². The molecular formula is C24H28N2O2S2. The molecule has 3 aliphatic rings. The molecule has 2 bridgehead atoms. The normalized spacial score (nSPS) is 27.0. The lowest BCUT2D eigenvalue weighted by molar-refractivity contribution is -0.123. The predicted molar refractivity (Wildman–Crippen MR) is 124 cm³/mol. The summed E-state index contributed by atoms with van der Waals surface area (Å²) in [6.45, 7) is 2.25. The minimum atomic E-state index is -0.145. The van der Waals surface area contributed by atoms with E-state index in [9.17, 15) is 9.59 Å². The summed E-state index contributed by atoms with van der Waals surface area (Å²) in [6.07, 6.45) is 13.1. The molecule has 1 aliphatic heterocycles. The van der Waals surface area contributed by atoms with Gasteiger partial charge in [0.2, 0.25) is 11.8 Å². The maximum Gasteiger partial charge on any atom is 0.238 e. The predicted octanol–water partition coefficient (Wildman–Crippen LogP) is 6.06. The van der Waals surface area contributed by atoms with Crippen molar-refractivity contribution < 1.29 is 9.59 Å². The van der Waals surface area contributed by atoms with Gasteiger partial charge in [0.1, 0.15) is 0 Å². The zero-order chi connectivity index (χ0) is 20.7. The first-order valence-corrected chi connectivity index (χ1v) is 13.1. The Morgan fingerprint density at radius 1 is 1.03 bits per heavy atom. The number of rotatable bonds is 9. The summed E-state index contributed by atoms with van der Waals surface area (Å²) in [7, 11) is 0. The lowest BCUT2D eigenvalue weighted by atomic mass is 9.85. The molecule has 1 saturated heterocycles. The first kappa shape index (κ1) is 20.3. The SMILES string of the molecule is CCCCCCCCSc1nc2ccc(N3C(=O)C4C(C3=O)[C@H]3C=C[C@@H]4C3)cc2s1. The van der Waals surface area contributed by atoms with E-state index in [2.05, 4.69) is 19.1 Å². The van der Waals surface area contributed by atoms with Crippen LogP contribution in [0.25, 0.3) is 10.2 Å². The van der Waals surface area contributed by atoms with Crippen molar-refractivity contribution in [2.75, 3.05) is 10.7 Å². The summed E-state index contributed by atoms with van der Waals surface area (Å²) < 4.78 is 2.13. The van der Waals surface area contributed by atoms with Crippen molar-refractivity contribution in [1.82, 2.24) is 4.98 Å². The van der Waals surface area contributed by atoms with Crippen molar-refractivity contribution in [2.45, 2.75) is 56.2 Å². The van der Waals surface area contributed by atoms with E-state index in [0.717, 1.165) is 26.7 Å². The van der Waals surface area contributed by atoms with Gasteiger partial charge in [-0.15, -0.1) is 11.3 Å². The summed E-state index contributed by atoms with van der Waals surface area (Å²) in [5.41, 5.74) is 1.66. The highest BCUT2D eigenvalue weighted by Crippen LogP contribution is 2.53. The number of benzene rings is 1. The van der Waals surface area contributed by atoms with Crippen molar-refractivity contribution >= 4 is 50.8 Å². The number of amides is 2. The zero-order valence-corrected chi connectivity index (χ0v) is 19.0. The Bertz CT molecular complexity index is 968. The maximum atomic E-state index is 13.1. The van der Waals surface area contributed by atoms with E-state index >= 15 is 0 Å². The molecule has 1 aromatic heterocycles. The van der Waals surface area contributed by atoms with Crippen LogP contribution >= 0.6 is 23.1 Å². The molecule has 2 unspecified atom stereocenters. The highest BCUT2D eigenvalue weighted by atomic mass is 32.2. The lowest BCUT2D eigenvalue weighted by Crippen LogP contribution is -2.32. The van der Waals surface area contributed by atoms with Gasteiger partial charge in [0.05, 0.1) is 27.7 Å². The molecule has 6 heteroatoms. The van der Waals surface area contributed by atoms with E-state index in [0.29, 0.717) is 5.69 Å². The molecule has 2 amide bonds. The number of anilines is 1. The second kappa shape index (κ2) is 8.46. The Morgan fingerprint density at radius 2 is 1.73 bits per heavy atom. The van der Waals surface area contributed by atoms with Crippen molar-refractivity contribution in [3.63, 3.8) is 0 Å². The molecule has 0 radical (unpaired) electrons. The highest BCUT2D eigenvalue weighted by molar-refractivity contribution is 8.01. The third kappa shape index (κ3) is 3.52. The van der Waals surface area contributed by atoms with Crippen LogP contribution in [-0.2, 0) is 9.59 Å². The van der Waals surface area contributed by atoms with Gasteiger partial charge < -0.3 is 0 Å². The summed E-state index contributed by atoms with van der Waals surface area (Å²) in [6, 6.07) is 5.82. The molecule has 2 heterocycles.